The molecule has 3 heterocycles. The fourth-order valence-corrected chi connectivity index (χ4v) is 8.24. The van der Waals surface area contributed by atoms with Gasteiger partial charge in [-0.15, -0.1) is 0 Å². The van der Waals surface area contributed by atoms with Crippen molar-refractivity contribution in [2.45, 2.75) is 65.1 Å². The maximum atomic E-state index is 6.40. The molecule has 0 radical (unpaired) electrons. The molecule has 0 bridgehead atoms. The SMILES string of the molecule is CC1(C)C=c2[nH]c3cc4c(cc3c2C(c2cccc(B3OC(C)(C)C(C)(C)O3)c2)C1)-c1ccccc1C=4.c1ccc2c(c1)[nH]c1ccccc12. The summed E-state index contributed by atoms with van der Waals surface area (Å²) in [6.45, 7) is 13.1. The van der Waals surface area contributed by atoms with Gasteiger partial charge in [0.1, 0.15) is 0 Å². The minimum absolute atomic E-state index is 0.0837. The van der Waals surface area contributed by atoms with E-state index in [0.717, 1.165) is 11.9 Å². The topological polar surface area (TPSA) is 50.0 Å². The lowest BCUT2D eigenvalue weighted by atomic mass is 9.70. The number of para-hydroxylation sites is 2. The van der Waals surface area contributed by atoms with Crippen molar-refractivity contribution in [2.24, 2.45) is 5.41 Å². The molecule has 0 saturated carbocycles. The minimum Gasteiger partial charge on any atom is -0.399 e. The molecule has 1 saturated heterocycles. The Kier molecular flexibility index (Phi) is 6.91. The number of H-pyrrole nitrogens is 2. The smallest absolute Gasteiger partial charge is 0.399 e. The first kappa shape index (κ1) is 31.2. The predicted molar refractivity (Wildman–Crippen MR) is 209 cm³/mol. The van der Waals surface area contributed by atoms with Crippen LogP contribution in [0, 0.1) is 5.41 Å². The van der Waals surface area contributed by atoms with Crippen LogP contribution in [0.3, 0.4) is 0 Å². The van der Waals surface area contributed by atoms with Crippen molar-refractivity contribution in [1.82, 2.24) is 9.97 Å². The van der Waals surface area contributed by atoms with Crippen LogP contribution in [-0.4, -0.2) is 28.3 Å². The molecule has 0 spiro atoms. The minimum atomic E-state index is -0.356. The number of aromatic nitrogens is 2. The van der Waals surface area contributed by atoms with Crippen molar-refractivity contribution in [1.29, 1.82) is 0 Å². The van der Waals surface area contributed by atoms with Crippen molar-refractivity contribution in [3.63, 3.8) is 0 Å². The molecule has 5 heteroatoms. The molecule has 248 valence electrons. The molecule has 50 heavy (non-hydrogen) atoms. The zero-order chi connectivity index (χ0) is 34.4. The monoisotopic (exact) mass is 654 g/mol. The number of benzene rings is 5. The van der Waals surface area contributed by atoms with E-state index in [1.54, 1.807) is 0 Å². The Morgan fingerprint density at radius 2 is 1.28 bits per heavy atom. The van der Waals surface area contributed by atoms with E-state index in [2.05, 4.69) is 173 Å². The fraction of sp³-hybridized carbons (Fsp3) is 0.244. The Bertz CT molecular complexity index is 2520. The standard InChI is InChI=1S/C33H34BNO2.C12H9N/c1-31(2)18-27(21-11-9-12-23(15-21)34-36-32(3,4)33(5,6)37-34)30-26-17-25-22(16-28(26)35-29(30)19-31)14-20-10-7-8-13-24(20)25;1-3-7-11-9(5-1)10-6-2-4-8-12(10)13-11/h7-17,19,27,35H,18H2,1-6H3;1-8,13H. The largest absolute Gasteiger partial charge is 0.494 e. The lowest BCUT2D eigenvalue weighted by molar-refractivity contribution is 0.00578. The molecule has 10 rings (SSSR count). The van der Waals surface area contributed by atoms with Gasteiger partial charge in [0, 0.05) is 44.0 Å². The second-order valence-electron chi connectivity index (χ2n) is 16.0. The van der Waals surface area contributed by atoms with Gasteiger partial charge in [-0.2, -0.15) is 0 Å². The summed E-state index contributed by atoms with van der Waals surface area (Å²) < 4.78 is 12.8. The summed E-state index contributed by atoms with van der Waals surface area (Å²) in [5.41, 5.74) is 10.8. The van der Waals surface area contributed by atoms with Crippen molar-refractivity contribution < 1.29 is 9.31 Å². The van der Waals surface area contributed by atoms with Crippen molar-refractivity contribution >= 4 is 57.4 Å². The average molecular weight is 655 g/mol. The summed E-state index contributed by atoms with van der Waals surface area (Å²) in [5.74, 6) is 0.282. The molecular formula is C45H43BN2O2. The maximum absolute atomic E-state index is 6.40. The van der Waals surface area contributed by atoms with E-state index >= 15 is 0 Å². The Labute approximate surface area is 294 Å². The molecule has 1 unspecified atom stereocenters. The first-order valence-electron chi connectivity index (χ1n) is 17.9. The molecule has 1 aliphatic heterocycles. The third kappa shape index (κ3) is 5.06. The number of fused-ring (bicyclic) bond motifs is 9. The molecule has 3 aliphatic rings. The van der Waals surface area contributed by atoms with Crippen LogP contribution in [0.2, 0.25) is 0 Å². The quantitative estimate of drug-likeness (QED) is 0.183. The fourth-order valence-electron chi connectivity index (χ4n) is 8.24. The van der Waals surface area contributed by atoms with Crippen LogP contribution < -0.4 is 16.0 Å². The van der Waals surface area contributed by atoms with Crippen LogP contribution in [-0.2, 0) is 9.31 Å². The summed E-state index contributed by atoms with van der Waals surface area (Å²) in [6, 6.07) is 39.1. The van der Waals surface area contributed by atoms with Gasteiger partial charge in [0.25, 0.3) is 0 Å². The van der Waals surface area contributed by atoms with E-state index in [-0.39, 0.29) is 29.7 Å². The van der Waals surface area contributed by atoms with Crippen LogP contribution in [0.15, 0.2) is 109 Å². The first-order chi connectivity index (χ1) is 24.0. The molecule has 2 aliphatic carbocycles. The van der Waals surface area contributed by atoms with Gasteiger partial charge in [-0.05, 0) is 108 Å². The van der Waals surface area contributed by atoms with Crippen molar-refractivity contribution in [3.05, 3.63) is 136 Å². The third-order valence-corrected chi connectivity index (χ3v) is 11.5. The lowest BCUT2D eigenvalue weighted by Gasteiger charge is -2.32. The summed E-state index contributed by atoms with van der Waals surface area (Å²) in [5, 5.41) is 6.49. The average Bonchev–Trinajstić information content (AvgIpc) is 3.81. The number of hydrogen-bond donors (Lipinski definition) is 2. The second kappa shape index (κ2) is 11.1. The van der Waals surface area contributed by atoms with Gasteiger partial charge in [-0.3, -0.25) is 0 Å². The van der Waals surface area contributed by atoms with E-state index in [4.69, 9.17) is 9.31 Å². The number of rotatable bonds is 2. The van der Waals surface area contributed by atoms with E-state index in [9.17, 15) is 0 Å². The Morgan fingerprint density at radius 1 is 0.620 bits per heavy atom. The van der Waals surface area contributed by atoms with E-state index < -0.39 is 0 Å². The normalized spacial score (nSPS) is 19.3. The molecule has 4 nitrogen and oxygen atoms in total. The predicted octanol–water partition coefficient (Wildman–Crippen LogP) is 8.94. The highest BCUT2D eigenvalue weighted by Gasteiger charge is 2.51. The van der Waals surface area contributed by atoms with Gasteiger partial charge < -0.3 is 19.3 Å². The first-order valence-corrected chi connectivity index (χ1v) is 17.9. The van der Waals surface area contributed by atoms with Gasteiger partial charge in [0.15, 0.2) is 0 Å². The van der Waals surface area contributed by atoms with Crippen molar-refractivity contribution in [3.8, 4) is 11.1 Å². The van der Waals surface area contributed by atoms with Crippen LogP contribution >= 0.6 is 0 Å². The summed E-state index contributed by atoms with van der Waals surface area (Å²) in [7, 11) is -0.356. The Balaban J connectivity index is 0.000000215. The van der Waals surface area contributed by atoms with Gasteiger partial charge >= 0.3 is 7.12 Å². The lowest BCUT2D eigenvalue weighted by Crippen LogP contribution is -2.41. The highest BCUT2D eigenvalue weighted by atomic mass is 16.7. The highest BCUT2D eigenvalue weighted by molar-refractivity contribution is 6.62. The van der Waals surface area contributed by atoms with E-state index in [1.165, 1.54) is 71.1 Å². The van der Waals surface area contributed by atoms with Crippen LogP contribution in [0.1, 0.15) is 70.6 Å². The zero-order valence-corrected chi connectivity index (χ0v) is 29.7. The Hall–Kier alpha value is -4.84. The van der Waals surface area contributed by atoms with Gasteiger partial charge in [-0.1, -0.05) is 105 Å². The van der Waals surface area contributed by atoms with Crippen LogP contribution in [0.5, 0.6) is 0 Å². The van der Waals surface area contributed by atoms with Gasteiger partial charge in [0.05, 0.1) is 11.2 Å². The molecule has 5 aromatic carbocycles. The van der Waals surface area contributed by atoms with Crippen molar-refractivity contribution in [2.75, 3.05) is 0 Å². The number of nitrogens with one attached hydrogen (secondary N) is 2. The highest BCUT2D eigenvalue weighted by Crippen LogP contribution is 2.43. The van der Waals surface area contributed by atoms with E-state index in [1.807, 2.05) is 0 Å². The van der Waals surface area contributed by atoms with Gasteiger partial charge in [0.2, 0.25) is 0 Å². The molecule has 7 aromatic rings. The molecule has 0 amide bonds. The number of hydrogen-bond acceptors (Lipinski definition) is 2. The molecular weight excluding hydrogens is 611 g/mol. The van der Waals surface area contributed by atoms with Crippen LogP contribution in [0.25, 0.3) is 56.0 Å². The molecule has 2 aromatic heterocycles. The molecule has 1 atom stereocenters. The Morgan fingerprint density at radius 3 is 2.00 bits per heavy atom. The molecule has 1 fully saturated rings. The molecule has 2 N–H and O–H groups in total. The van der Waals surface area contributed by atoms with Crippen LogP contribution in [0.4, 0.5) is 0 Å². The number of aromatic amines is 2. The van der Waals surface area contributed by atoms with E-state index in [0.29, 0.717) is 0 Å². The summed E-state index contributed by atoms with van der Waals surface area (Å²) in [4.78, 5) is 7.17. The van der Waals surface area contributed by atoms with Gasteiger partial charge in [-0.25, -0.2) is 0 Å². The second-order valence-corrected chi connectivity index (χ2v) is 16.0. The summed E-state index contributed by atoms with van der Waals surface area (Å²) in [6.07, 6.45) is 5.79. The third-order valence-electron chi connectivity index (χ3n) is 11.5. The maximum Gasteiger partial charge on any atom is 0.494 e. The zero-order valence-electron chi connectivity index (χ0n) is 29.7. The summed E-state index contributed by atoms with van der Waals surface area (Å²) >= 11 is 0.